The molecule has 7 nitrogen and oxygen atoms in total. The Hall–Kier alpha value is -1.96. The summed E-state index contributed by atoms with van der Waals surface area (Å²) in [6, 6.07) is 7.60. The third-order valence-corrected chi connectivity index (χ3v) is 3.42. The summed E-state index contributed by atoms with van der Waals surface area (Å²) in [5.41, 5.74) is 0.407. The van der Waals surface area contributed by atoms with Crippen LogP contribution in [0.3, 0.4) is 0 Å². The van der Waals surface area contributed by atoms with Crippen molar-refractivity contribution in [3.63, 3.8) is 0 Å². The second-order valence-corrected chi connectivity index (χ2v) is 4.98. The number of nitrogens with one attached hydrogen (secondary N) is 1. The van der Waals surface area contributed by atoms with E-state index in [4.69, 9.17) is 15.3 Å². The fourth-order valence-electron chi connectivity index (χ4n) is 2.04. The van der Waals surface area contributed by atoms with Gasteiger partial charge >= 0.3 is 0 Å². The van der Waals surface area contributed by atoms with Gasteiger partial charge in [-0.15, -0.1) is 0 Å². The van der Waals surface area contributed by atoms with Gasteiger partial charge in [-0.1, -0.05) is 12.1 Å². The Labute approximate surface area is 121 Å². The van der Waals surface area contributed by atoms with Gasteiger partial charge in [0, 0.05) is 13.0 Å². The van der Waals surface area contributed by atoms with Gasteiger partial charge in [0.1, 0.15) is 5.54 Å². The number of imidazole rings is 1. The third kappa shape index (κ3) is 3.38. The molecule has 0 atom stereocenters. The number of fused-ring (bicyclic) bond motifs is 1. The van der Waals surface area contributed by atoms with E-state index >= 15 is 0 Å². The Kier molecular flexibility index (Phi) is 4.89. The van der Waals surface area contributed by atoms with E-state index in [9.17, 15) is 4.79 Å². The van der Waals surface area contributed by atoms with E-state index in [1.807, 2.05) is 28.8 Å². The fourth-order valence-corrected chi connectivity index (χ4v) is 2.04. The first-order valence-corrected chi connectivity index (χ1v) is 6.67. The fraction of sp³-hybridized carbons (Fsp3) is 0.429. The number of rotatable bonds is 7. The number of carbonyl (C=O) groups excluding carboxylic acids is 1. The molecule has 1 aromatic carbocycles. The Morgan fingerprint density at radius 1 is 1.19 bits per heavy atom. The number of aliphatic hydroxyl groups is 3. The molecule has 114 valence electrons. The molecule has 1 aromatic heterocycles. The van der Waals surface area contributed by atoms with Crippen molar-refractivity contribution in [1.82, 2.24) is 14.9 Å². The summed E-state index contributed by atoms with van der Waals surface area (Å²) < 4.78 is 1.85. The first-order chi connectivity index (χ1) is 10.1. The summed E-state index contributed by atoms with van der Waals surface area (Å²) in [7, 11) is 0. The van der Waals surface area contributed by atoms with Crippen LogP contribution in [0.2, 0.25) is 0 Å². The maximum atomic E-state index is 11.9. The number of aliphatic hydroxyl groups excluding tert-OH is 3. The summed E-state index contributed by atoms with van der Waals surface area (Å²) in [5, 5.41) is 30.0. The minimum absolute atomic E-state index is 0.155. The van der Waals surface area contributed by atoms with E-state index in [1.54, 1.807) is 6.33 Å². The molecule has 0 unspecified atom stereocenters. The quantitative estimate of drug-likeness (QED) is 0.538. The molecule has 0 aliphatic carbocycles. The topological polar surface area (TPSA) is 108 Å². The highest BCUT2D eigenvalue weighted by molar-refractivity contribution is 5.78. The molecule has 0 radical (unpaired) electrons. The molecule has 1 amide bonds. The van der Waals surface area contributed by atoms with Crippen molar-refractivity contribution in [2.45, 2.75) is 18.5 Å². The van der Waals surface area contributed by atoms with Gasteiger partial charge in [0.25, 0.3) is 0 Å². The molecule has 0 aliphatic rings. The summed E-state index contributed by atoms with van der Waals surface area (Å²) in [6.07, 6.45) is 1.82. The molecule has 7 heteroatoms. The van der Waals surface area contributed by atoms with E-state index in [2.05, 4.69) is 10.3 Å². The SMILES string of the molecule is O=C(CCn1cnc2ccccc21)NC(CO)(CO)CO. The highest BCUT2D eigenvalue weighted by Gasteiger charge is 2.29. The van der Waals surface area contributed by atoms with Crippen LogP contribution in [0.4, 0.5) is 0 Å². The van der Waals surface area contributed by atoms with Crippen LogP contribution in [0.1, 0.15) is 6.42 Å². The van der Waals surface area contributed by atoms with Gasteiger partial charge in [0.15, 0.2) is 0 Å². The smallest absolute Gasteiger partial charge is 0.222 e. The largest absolute Gasteiger partial charge is 0.394 e. The number of hydrogen-bond donors (Lipinski definition) is 4. The van der Waals surface area contributed by atoms with E-state index in [1.165, 1.54) is 0 Å². The third-order valence-electron chi connectivity index (χ3n) is 3.42. The molecule has 0 saturated heterocycles. The second-order valence-electron chi connectivity index (χ2n) is 4.98. The number of amides is 1. The van der Waals surface area contributed by atoms with Gasteiger partial charge in [-0.2, -0.15) is 0 Å². The maximum absolute atomic E-state index is 11.9. The Morgan fingerprint density at radius 2 is 1.86 bits per heavy atom. The van der Waals surface area contributed by atoms with Crippen LogP contribution >= 0.6 is 0 Å². The summed E-state index contributed by atoms with van der Waals surface area (Å²) in [5.74, 6) is -0.357. The zero-order valence-electron chi connectivity index (χ0n) is 11.6. The van der Waals surface area contributed by atoms with Crippen LogP contribution < -0.4 is 5.32 Å². The second kappa shape index (κ2) is 6.66. The van der Waals surface area contributed by atoms with Crippen molar-refractivity contribution in [3.05, 3.63) is 30.6 Å². The summed E-state index contributed by atoms with van der Waals surface area (Å²) in [4.78, 5) is 16.1. The molecule has 4 N–H and O–H groups in total. The predicted molar refractivity (Wildman–Crippen MR) is 76.5 cm³/mol. The summed E-state index contributed by atoms with van der Waals surface area (Å²) >= 11 is 0. The minimum Gasteiger partial charge on any atom is -0.394 e. The van der Waals surface area contributed by atoms with Crippen molar-refractivity contribution in [2.75, 3.05) is 19.8 Å². The number of aryl methyl sites for hydroxylation is 1. The van der Waals surface area contributed by atoms with Gasteiger partial charge < -0.3 is 25.2 Å². The van der Waals surface area contributed by atoms with Gasteiger partial charge in [-0.25, -0.2) is 4.98 Å². The van der Waals surface area contributed by atoms with Crippen molar-refractivity contribution in [2.24, 2.45) is 0 Å². The van der Waals surface area contributed by atoms with Crippen molar-refractivity contribution < 1.29 is 20.1 Å². The first-order valence-electron chi connectivity index (χ1n) is 6.67. The maximum Gasteiger partial charge on any atom is 0.222 e. The van der Waals surface area contributed by atoms with Crippen LogP contribution in [0.5, 0.6) is 0 Å². The molecular formula is C14H19N3O4. The molecular weight excluding hydrogens is 274 g/mol. The molecule has 0 fully saturated rings. The van der Waals surface area contributed by atoms with Crippen LogP contribution in [0.15, 0.2) is 30.6 Å². The van der Waals surface area contributed by atoms with Crippen LogP contribution in [-0.4, -0.2) is 56.1 Å². The molecule has 2 aromatic rings. The van der Waals surface area contributed by atoms with Crippen LogP contribution in [0, 0.1) is 0 Å². The van der Waals surface area contributed by atoms with Gasteiger partial charge in [0.05, 0.1) is 37.2 Å². The van der Waals surface area contributed by atoms with Crippen LogP contribution in [-0.2, 0) is 11.3 Å². The van der Waals surface area contributed by atoms with Gasteiger partial charge in [-0.3, -0.25) is 4.79 Å². The number of nitrogens with zero attached hydrogens (tertiary/aromatic N) is 2. The van der Waals surface area contributed by atoms with Crippen LogP contribution in [0.25, 0.3) is 11.0 Å². The Balaban J connectivity index is 1.98. The first kappa shape index (κ1) is 15.4. The lowest BCUT2D eigenvalue weighted by Crippen LogP contribution is -2.57. The van der Waals surface area contributed by atoms with E-state index < -0.39 is 25.4 Å². The normalized spacial score (nSPS) is 11.8. The summed E-state index contributed by atoms with van der Waals surface area (Å²) in [6.45, 7) is -1.16. The Bertz CT molecular complexity index is 599. The highest BCUT2D eigenvalue weighted by atomic mass is 16.3. The van der Waals surface area contributed by atoms with E-state index in [-0.39, 0.29) is 12.3 Å². The average Bonchev–Trinajstić information content (AvgIpc) is 2.94. The number of benzene rings is 1. The highest BCUT2D eigenvalue weighted by Crippen LogP contribution is 2.12. The zero-order chi connectivity index (χ0) is 15.3. The van der Waals surface area contributed by atoms with E-state index in [0.717, 1.165) is 11.0 Å². The molecule has 0 aliphatic heterocycles. The minimum atomic E-state index is -1.38. The van der Waals surface area contributed by atoms with E-state index in [0.29, 0.717) is 6.54 Å². The number of para-hydroxylation sites is 2. The monoisotopic (exact) mass is 293 g/mol. The number of hydrogen-bond acceptors (Lipinski definition) is 5. The number of carbonyl (C=O) groups is 1. The van der Waals surface area contributed by atoms with Crippen molar-refractivity contribution >= 4 is 16.9 Å². The lowest BCUT2D eigenvalue weighted by molar-refractivity contribution is -0.125. The zero-order valence-corrected chi connectivity index (χ0v) is 11.6. The molecule has 21 heavy (non-hydrogen) atoms. The molecule has 2 rings (SSSR count). The van der Waals surface area contributed by atoms with Crippen molar-refractivity contribution in [3.8, 4) is 0 Å². The molecule has 0 bridgehead atoms. The van der Waals surface area contributed by atoms with Gasteiger partial charge in [-0.05, 0) is 12.1 Å². The standard InChI is InChI=1S/C14H19N3O4/c18-7-14(8-19,9-20)16-13(21)5-6-17-10-15-11-3-1-2-4-12(11)17/h1-4,10,18-20H,5-9H2,(H,16,21). The Morgan fingerprint density at radius 3 is 2.52 bits per heavy atom. The predicted octanol–water partition coefficient (Wildman–Crippen LogP) is -0.742. The number of aromatic nitrogens is 2. The lowest BCUT2D eigenvalue weighted by atomic mass is 10.0. The molecule has 0 spiro atoms. The van der Waals surface area contributed by atoms with Crippen molar-refractivity contribution in [1.29, 1.82) is 0 Å². The lowest BCUT2D eigenvalue weighted by Gasteiger charge is -2.28. The van der Waals surface area contributed by atoms with Gasteiger partial charge in [0.2, 0.25) is 5.91 Å². The molecule has 0 saturated carbocycles. The average molecular weight is 293 g/mol. The molecule has 1 heterocycles.